The lowest BCUT2D eigenvalue weighted by atomic mass is 10.1. The Hall–Kier alpha value is -3.34. The van der Waals surface area contributed by atoms with Gasteiger partial charge in [0.2, 0.25) is 0 Å². The van der Waals surface area contributed by atoms with Crippen molar-refractivity contribution in [3.8, 4) is 5.75 Å². The van der Waals surface area contributed by atoms with Crippen LogP contribution in [0.5, 0.6) is 5.75 Å². The lowest BCUT2D eigenvalue weighted by molar-refractivity contribution is 0.102. The molecule has 1 heterocycles. The lowest BCUT2D eigenvalue weighted by Gasteiger charge is -2.23. The molecule has 0 fully saturated rings. The van der Waals surface area contributed by atoms with E-state index in [0.717, 1.165) is 17.9 Å². The smallest absolute Gasteiger partial charge is 0.257 e. The molecule has 0 saturated heterocycles. The highest BCUT2D eigenvalue weighted by Crippen LogP contribution is 2.27. The summed E-state index contributed by atoms with van der Waals surface area (Å²) < 4.78 is 5.29. The fourth-order valence-electron chi connectivity index (χ4n) is 2.95. The van der Waals surface area contributed by atoms with Crippen molar-refractivity contribution in [1.29, 1.82) is 0 Å². The zero-order valence-electron chi connectivity index (χ0n) is 15.8. The molecular formula is C22H23N3O2. The van der Waals surface area contributed by atoms with E-state index in [-0.39, 0.29) is 5.91 Å². The fourth-order valence-corrected chi connectivity index (χ4v) is 2.95. The predicted molar refractivity (Wildman–Crippen MR) is 109 cm³/mol. The zero-order chi connectivity index (χ0) is 19.2. The molecule has 0 aliphatic carbocycles. The van der Waals surface area contributed by atoms with Gasteiger partial charge in [-0.15, -0.1) is 0 Å². The van der Waals surface area contributed by atoms with Crippen LogP contribution in [-0.2, 0) is 0 Å². The molecule has 3 aromatic rings. The van der Waals surface area contributed by atoms with Crippen LogP contribution in [0.3, 0.4) is 0 Å². The number of methoxy groups -OCH3 is 1. The first kappa shape index (κ1) is 18.5. The summed E-state index contributed by atoms with van der Waals surface area (Å²) in [6.07, 6.45) is 3.34. The van der Waals surface area contributed by atoms with Gasteiger partial charge in [0.05, 0.1) is 30.2 Å². The number of rotatable bonds is 6. The SMILES string of the molecule is CCN(c1cccc(C)c1)c1cncc(C(=O)Nc2ccccc2OC)c1. The molecule has 0 aliphatic heterocycles. The van der Waals surface area contributed by atoms with Crippen molar-refractivity contribution < 1.29 is 9.53 Å². The van der Waals surface area contributed by atoms with Gasteiger partial charge in [-0.2, -0.15) is 0 Å². The van der Waals surface area contributed by atoms with Gasteiger partial charge in [-0.25, -0.2) is 0 Å². The summed E-state index contributed by atoms with van der Waals surface area (Å²) in [4.78, 5) is 19.1. The van der Waals surface area contributed by atoms with Gasteiger partial charge in [0, 0.05) is 18.4 Å². The summed E-state index contributed by atoms with van der Waals surface area (Å²) in [6, 6.07) is 17.4. The molecule has 27 heavy (non-hydrogen) atoms. The molecule has 2 aromatic carbocycles. The van der Waals surface area contributed by atoms with Crippen molar-refractivity contribution in [1.82, 2.24) is 4.98 Å². The minimum absolute atomic E-state index is 0.228. The predicted octanol–water partition coefficient (Wildman–Crippen LogP) is 4.81. The number of hydrogen-bond acceptors (Lipinski definition) is 4. The number of benzene rings is 2. The van der Waals surface area contributed by atoms with Crippen molar-refractivity contribution in [2.24, 2.45) is 0 Å². The Kier molecular flexibility index (Phi) is 5.71. The van der Waals surface area contributed by atoms with E-state index in [4.69, 9.17) is 4.74 Å². The van der Waals surface area contributed by atoms with Gasteiger partial charge < -0.3 is 15.0 Å². The number of carbonyl (C=O) groups excluding carboxylic acids is 1. The summed E-state index contributed by atoms with van der Waals surface area (Å²) in [5.41, 5.74) is 4.24. The minimum atomic E-state index is -0.228. The molecule has 1 amide bonds. The summed E-state index contributed by atoms with van der Waals surface area (Å²) in [7, 11) is 1.58. The van der Waals surface area contributed by atoms with Gasteiger partial charge in [0.1, 0.15) is 5.75 Å². The average Bonchev–Trinajstić information content (AvgIpc) is 2.69. The van der Waals surface area contributed by atoms with Crippen LogP contribution in [0.2, 0.25) is 0 Å². The Morgan fingerprint density at radius 1 is 1.07 bits per heavy atom. The Bertz CT molecular complexity index is 940. The molecule has 0 saturated carbocycles. The average molecular weight is 361 g/mol. The second-order valence-electron chi connectivity index (χ2n) is 6.17. The molecule has 0 atom stereocenters. The van der Waals surface area contributed by atoms with Crippen LogP contribution in [0, 0.1) is 6.92 Å². The van der Waals surface area contributed by atoms with Crippen molar-refractivity contribution in [2.75, 3.05) is 23.9 Å². The standard InChI is InChI=1S/C22H23N3O2/c1-4-25(18-9-7-8-16(2)12-18)19-13-17(14-23-15-19)22(26)24-20-10-5-6-11-21(20)27-3/h5-15H,4H2,1-3H3,(H,24,26). The first-order valence-corrected chi connectivity index (χ1v) is 8.86. The van der Waals surface area contributed by atoms with Crippen molar-refractivity contribution in [3.05, 3.63) is 78.1 Å². The first-order chi connectivity index (χ1) is 13.1. The monoisotopic (exact) mass is 361 g/mol. The molecule has 138 valence electrons. The van der Waals surface area contributed by atoms with E-state index in [1.807, 2.05) is 24.3 Å². The van der Waals surface area contributed by atoms with Crippen molar-refractivity contribution in [3.63, 3.8) is 0 Å². The highest BCUT2D eigenvalue weighted by atomic mass is 16.5. The third-order valence-corrected chi connectivity index (χ3v) is 4.28. The van der Waals surface area contributed by atoms with E-state index < -0.39 is 0 Å². The molecule has 0 bridgehead atoms. The first-order valence-electron chi connectivity index (χ1n) is 8.86. The molecule has 0 aliphatic rings. The molecule has 1 aromatic heterocycles. The maximum Gasteiger partial charge on any atom is 0.257 e. The number of nitrogens with one attached hydrogen (secondary N) is 1. The molecule has 5 heteroatoms. The number of nitrogens with zero attached hydrogens (tertiary/aromatic N) is 2. The molecule has 0 radical (unpaired) electrons. The Morgan fingerprint density at radius 2 is 1.89 bits per heavy atom. The molecule has 5 nitrogen and oxygen atoms in total. The summed E-state index contributed by atoms with van der Waals surface area (Å²) in [5.74, 6) is 0.388. The van der Waals surface area contributed by atoms with Crippen LogP contribution in [0.1, 0.15) is 22.8 Å². The Morgan fingerprint density at radius 3 is 2.63 bits per heavy atom. The van der Waals surface area contributed by atoms with Gasteiger partial charge >= 0.3 is 0 Å². The van der Waals surface area contributed by atoms with E-state index in [2.05, 4.69) is 47.2 Å². The molecule has 3 rings (SSSR count). The van der Waals surface area contributed by atoms with E-state index >= 15 is 0 Å². The van der Waals surface area contributed by atoms with E-state index in [1.165, 1.54) is 5.56 Å². The fraction of sp³-hybridized carbons (Fsp3) is 0.182. The third-order valence-electron chi connectivity index (χ3n) is 4.28. The second kappa shape index (κ2) is 8.36. The van der Waals surface area contributed by atoms with Crippen LogP contribution >= 0.6 is 0 Å². The number of amides is 1. The van der Waals surface area contributed by atoms with Crippen LogP contribution in [0.15, 0.2) is 67.0 Å². The van der Waals surface area contributed by atoms with E-state index in [9.17, 15) is 4.79 Å². The normalized spacial score (nSPS) is 10.3. The minimum Gasteiger partial charge on any atom is -0.495 e. The van der Waals surface area contributed by atoms with Gasteiger partial charge in [0.25, 0.3) is 5.91 Å². The quantitative estimate of drug-likeness (QED) is 0.685. The largest absolute Gasteiger partial charge is 0.495 e. The number of hydrogen-bond donors (Lipinski definition) is 1. The molecule has 0 unspecified atom stereocenters. The van der Waals surface area contributed by atoms with Crippen LogP contribution in [0.4, 0.5) is 17.1 Å². The Labute approximate surface area is 159 Å². The lowest BCUT2D eigenvalue weighted by Crippen LogP contribution is -2.18. The van der Waals surface area contributed by atoms with Crippen LogP contribution < -0.4 is 15.0 Å². The highest BCUT2D eigenvalue weighted by Gasteiger charge is 2.13. The molecule has 1 N–H and O–H groups in total. The topological polar surface area (TPSA) is 54.5 Å². The number of aromatic nitrogens is 1. The zero-order valence-corrected chi connectivity index (χ0v) is 15.8. The third kappa shape index (κ3) is 4.26. The number of para-hydroxylation sites is 2. The number of ether oxygens (including phenoxy) is 1. The van der Waals surface area contributed by atoms with Gasteiger partial charge in [-0.3, -0.25) is 9.78 Å². The van der Waals surface area contributed by atoms with Crippen LogP contribution in [0.25, 0.3) is 0 Å². The van der Waals surface area contributed by atoms with Crippen LogP contribution in [-0.4, -0.2) is 24.5 Å². The highest BCUT2D eigenvalue weighted by molar-refractivity contribution is 6.05. The number of carbonyl (C=O) groups is 1. The number of pyridine rings is 1. The van der Waals surface area contributed by atoms with Crippen molar-refractivity contribution >= 4 is 23.0 Å². The number of anilines is 3. The maximum atomic E-state index is 12.7. The summed E-state index contributed by atoms with van der Waals surface area (Å²) >= 11 is 0. The summed E-state index contributed by atoms with van der Waals surface area (Å²) in [6.45, 7) is 4.90. The van der Waals surface area contributed by atoms with Crippen molar-refractivity contribution in [2.45, 2.75) is 13.8 Å². The van der Waals surface area contributed by atoms with E-state index in [1.54, 1.807) is 31.6 Å². The van der Waals surface area contributed by atoms with E-state index in [0.29, 0.717) is 17.0 Å². The Balaban J connectivity index is 1.87. The van der Waals surface area contributed by atoms with Gasteiger partial charge in [-0.05, 0) is 49.7 Å². The second-order valence-corrected chi connectivity index (χ2v) is 6.17. The number of aryl methyl sites for hydroxylation is 1. The summed E-state index contributed by atoms with van der Waals surface area (Å²) in [5, 5.41) is 2.89. The molecule has 0 spiro atoms. The molecular weight excluding hydrogens is 338 g/mol. The van der Waals surface area contributed by atoms with Gasteiger partial charge in [-0.1, -0.05) is 24.3 Å². The van der Waals surface area contributed by atoms with Gasteiger partial charge in [0.15, 0.2) is 0 Å². The maximum absolute atomic E-state index is 12.7.